The predicted octanol–water partition coefficient (Wildman–Crippen LogP) is 12.5. The van der Waals surface area contributed by atoms with Gasteiger partial charge in [0.25, 0.3) is 0 Å². The molecule has 9 heteroatoms. The Balaban J connectivity index is 4.49. The number of aliphatic hydroxyl groups is 1. The van der Waals surface area contributed by atoms with Gasteiger partial charge in [-0.1, -0.05) is 165 Å². The van der Waals surface area contributed by atoms with Crippen LogP contribution in [0.4, 0.5) is 0 Å². The topological polar surface area (TPSA) is 105 Å². The van der Waals surface area contributed by atoms with Crippen molar-refractivity contribution in [2.45, 2.75) is 199 Å². The third kappa shape index (κ3) is 40.5. The van der Waals surface area contributed by atoms with Gasteiger partial charge in [0.05, 0.1) is 39.9 Å². The lowest BCUT2D eigenvalue weighted by Crippen LogP contribution is -2.45. The Hall–Kier alpha value is -1.54. The minimum atomic E-state index is -4.35. The maximum Gasteiger partial charge on any atom is 0.472 e. The molecule has 0 saturated heterocycles. The second kappa shape index (κ2) is 38.0. The first-order chi connectivity index (χ1) is 26.5. The van der Waals surface area contributed by atoms with E-state index in [1.165, 1.54) is 116 Å². The van der Waals surface area contributed by atoms with E-state index in [2.05, 4.69) is 55.6 Å². The van der Waals surface area contributed by atoms with Gasteiger partial charge in [-0.2, -0.15) is 0 Å². The van der Waals surface area contributed by atoms with Crippen LogP contribution in [0.1, 0.15) is 187 Å². The van der Waals surface area contributed by atoms with Crippen molar-refractivity contribution < 1.29 is 32.9 Å². The van der Waals surface area contributed by atoms with Gasteiger partial charge in [-0.3, -0.25) is 13.8 Å². The fraction of sp³-hybridized carbons (Fsp3) is 0.804. The van der Waals surface area contributed by atoms with Crippen LogP contribution in [-0.4, -0.2) is 73.4 Å². The molecule has 0 aliphatic carbocycles. The van der Waals surface area contributed by atoms with Crippen LogP contribution in [0.25, 0.3) is 0 Å². The number of quaternary nitrogens is 1. The molecule has 1 amide bonds. The summed E-state index contributed by atoms with van der Waals surface area (Å²) >= 11 is 0. The number of phosphoric ester groups is 1. The van der Waals surface area contributed by atoms with E-state index in [1.807, 2.05) is 27.2 Å². The molecule has 0 aliphatic heterocycles. The zero-order valence-corrected chi connectivity index (χ0v) is 37.3. The highest BCUT2D eigenvalue weighted by molar-refractivity contribution is 7.47. The number of hydrogen-bond donors (Lipinski definition) is 3. The summed E-state index contributed by atoms with van der Waals surface area (Å²) in [5, 5.41) is 13.8. The van der Waals surface area contributed by atoms with E-state index < -0.39 is 20.0 Å². The van der Waals surface area contributed by atoms with Gasteiger partial charge in [-0.15, -0.1) is 0 Å². The van der Waals surface area contributed by atoms with E-state index in [1.54, 1.807) is 6.08 Å². The summed E-state index contributed by atoms with van der Waals surface area (Å²) in [6.45, 7) is 4.75. The number of carbonyl (C=O) groups is 1. The maximum absolute atomic E-state index is 12.9. The van der Waals surface area contributed by atoms with Crippen molar-refractivity contribution in [1.82, 2.24) is 5.32 Å². The smallest absolute Gasteiger partial charge is 0.387 e. The average Bonchev–Trinajstić information content (AvgIpc) is 3.13. The van der Waals surface area contributed by atoms with Crippen molar-refractivity contribution in [2.75, 3.05) is 40.9 Å². The fourth-order valence-corrected chi connectivity index (χ4v) is 6.88. The molecule has 0 radical (unpaired) electrons. The molecule has 3 N–H and O–H groups in total. The lowest BCUT2D eigenvalue weighted by molar-refractivity contribution is -0.870. The molecule has 55 heavy (non-hydrogen) atoms. The normalized spacial score (nSPS) is 14.8. The highest BCUT2D eigenvalue weighted by Gasteiger charge is 2.27. The van der Waals surface area contributed by atoms with E-state index >= 15 is 0 Å². The summed E-state index contributed by atoms with van der Waals surface area (Å²) in [7, 11) is 1.54. The molecule has 0 aliphatic rings. The molecule has 0 aromatic heterocycles. The summed E-state index contributed by atoms with van der Waals surface area (Å²) in [6.07, 6.45) is 47.5. The van der Waals surface area contributed by atoms with Crippen LogP contribution in [0.3, 0.4) is 0 Å². The largest absolute Gasteiger partial charge is 0.472 e. The number of aliphatic hydroxyl groups excluding tert-OH is 1. The van der Waals surface area contributed by atoms with E-state index in [4.69, 9.17) is 9.05 Å². The van der Waals surface area contributed by atoms with Gasteiger partial charge in [0.15, 0.2) is 0 Å². The first-order valence-corrected chi connectivity index (χ1v) is 24.0. The zero-order chi connectivity index (χ0) is 40.7. The molecule has 0 bridgehead atoms. The summed E-state index contributed by atoms with van der Waals surface area (Å²) in [4.78, 5) is 23.1. The van der Waals surface area contributed by atoms with Gasteiger partial charge in [0, 0.05) is 6.42 Å². The number of nitrogens with zero attached hydrogens (tertiary/aromatic N) is 1. The quantitative estimate of drug-likeness (QED) is 0.0247. The Kier molecular flexibility index (Phi) is 36.9. The van der Waals surface area contributed by atoms with E-state index in [0.717, 1.165) is 51.4 Å². The van der Waals surface area contributed by atoms with Crippen LogP contribution in [0.2, 0.25) is 0 Å². The minimum absolute atomic E-state index is 0.0532. The van der Waals surface area contributed by atoms with Crippen LogP contribution < -0.4 is 5.32 Å². The lowest BCUT2D eigenvalue weighted by Gasteiger charge is -2.25. The molecule has 0 rings (SSSR count). The van der Waals surface area contributed by atoms with Crippen LogP contribution in [0, 0.1) is 0 Å². The summed E-state index contributed by atoms with van der Waals surface area (Å²) < 4.78 is 23.5. The van der Waals surface area contributed by atoms with Crippen molar-refractivity contribution in [3.05, 3.63) is 48.6 Å². The first-order valence-electron chi connectivity index (χ1n) is 22.5. The molecular formula is C46H88N2O6P+. The number of likely N-dealkylation sites (N-methyl/N-ethyl adjacent to an activating group) is 1. The van der Waals surface area contributed by atoms with Gasteiger partial charge in [0.2, 0.25) is 5.91 Å². The predicted molar refractivity (Wildman–Crippen MR) is 235 cm³/mol. The summed E-state index contributed by atoms with van der Waals surface area (Å²) in [5.74, 6) is -0.197. The summed E-state index contributed by atoms with van der Waals surface area (Å²) in [5.41, 5.74) is 0. The number of nitrogens with one attached hydrogen (secondary N) is 1. The Morgan fingerprint density at radius 3 is 1.60 bits per heavy atom. The van der Waals surface area contributed by atoms with Crippen LogP contribution in [0.5, 0.6) is 0 Å². The van der Waals surface area contributed by atoms with Crippen LogP contribution in [-0.2, 0) is 18.4 Å². The van der Waals surface area contributed by atoms with Gasteiger partial charge >= 0.3 is 7.82 Å². The molecule has 0 spiro atoms. The number of carbonyl (C=O) groups excluding carboxylic acids is 1. The number of amides is 1. The second-order valence-electron chi connectivity index (χ2n) is 16.4. The van der Waals surface area contributed by atoms with Gasteiger partial charge in [-0.05, 0) is 64.2 Å². The van der Waals surface area contributed by atoms with Crippen molar-refractivity contribution >= 4 is 13.7 Å². The molecule has 0 heterocycles. The second-order valence-corrected chi connectivity index (χ2v) is 17.9. The Labute approximate surface area is 339 Å². The zero-order valence-electron chi connectivity index (χ0n) is 36.4. The van der Waals surface area contributed by atoms with Gasteiger partial charge < -0.3 is 19.8 Å². The van der Waals surface area contributed by atoms with Crippen molar-refractivity contribution in [3.63, 3.8) is 0 Å². The molecule has 322 valence electrons. The number of unbranched alkanes of at least 4 members (excludes halogenated alkanes) is 21. The Morgan fingerprint density at radius 1 is 0.618 bits per heavy atom. The standard InChI is InChI=1S/C46H87N2O6P/c1-6-8-10-12-14-16-18-20-22-24-26-28-30-32-34-36-38-40-46(50)47-44(43-54-55(51,52)53-42-41-48(3,4)5)45(49)39-37-35-33-31-29-27-25-23-21-19-17-15-13-11-9-7-2/h14,16,20,22,29,31,37,39,44-45,49H,6-13,15,17-19,21,23-28,30,32-36,38,40-43H2,1-5H3,(H-,47,50,51,52)/p+1/b16-14-,22-20-,31-29+,39-37+. The number of rotatable bonds is 40. The Morgan fingerprint density at radius 2 is 1.05 bits per heavy atom. The number of allylic oxidation sites excluding steroid dienone is 7. The highest BCUT2D eigenvalue weighted by Crippen LogP contribution is 2.43. The van der Waals surface area contributed by atoms with Crippen molar-refractivity contribution in [3.8, 4) is 0 Å². The SMILES string of the molecule is CCCCC/C=C\C/C=C\CCCCCCCCCC(=O)NC(COP(=O)(O)OCC[N+](C)(C)C)C(O)/C=C/CC/C=C/CCCCCCCCCCCC. The van der Waals surface area contributed by atoms with Crippen LogP contribution in [0.15, 0.2) is 48.6 Å². The van der Waals surface area contributed by atoms with Crippen LogP contribution >= 0.6 is 7.82 Å². The third-order valence-corrected chi connectivity index (χ3v) is 10.8. The monoisotopic (exact) mass is 796 g/mol. The minimum Gasteiger partial charge on any atom is -0.387 e. The van der Waals surface area contributed by atoms with Gasteiger partial charge in [0.1, 0.15) is 13.2 Å². The highest BCUT2D eigenvalue weighted by atomic mass is 31.2. The maximum atomic E-state index is 12.9. The van der Waals surface area contributed by atoms with E-state index in [-0.39, 0.29) is 19.1 Å². The lowest BCUT2D eigenvalue weighted by atomic mass is 10.1. The van der Waals surface area contributed by atoms with Crippen molar-refractivity contribution in [1.29, 1.82) is 0 Å². The molecule has 3 atom stereocenters. The molecule has 0 aromatic carbocycles. The molecule has 0 fully saturated rings. The van der Waals surface area contributed by atoms with Gasteiger partial charge in [-0.25, -0.2) is 4.57 Å². The molecule has 0 saturated carbocycles. The van der Waals surface area contributed by atoms with Crippen molar-refractivity contribution in [2.24, 2.45) is 0 Å². The Bertz CT molecular complexity index is 1040. The first kappa shape index (κ1) is 53.5. The summed E-state index contributed by atoms with van der Waals surface area (Å²) in [6, 6.07) is -0.867. The molecular weight excluding hydrogens is 707 g/mol. The molecule has 8 nitrogen and oxygen atoms in total. The molecule has 3 unspecified atom stereocenters. The third-order valence-electron chi connectivity index (χ3n) is 9.77. The fourth-order valence-electron chi connectivity index (χ4n) is 6.14. The van der Waals surface area contributed by atoms with E-state index in [0.29, 0.717) is 17.4 Å². The number of hydrogen-bond acceptors (Lipinski definition) is 5. The average molecular weight is 796 g/mol. The number of phosphoric acid groups is 1. The van der Waals surface area contributed by atoms with E-state index in [9.17, 15) is 19.4 Å². The molecule has 0 aromatic rings.